The van der Waals surface area contributed by atoms with Crippen LogP contribution in [0.25, 0.3) is 0 Å². The lowest BCUT2D eigenvalue weighted by molar-refractivity contribution is -0.123. The van der Waals surface area contributed by atoms with Crippen molar-refractivity contribution in [3.05, 3.63) is 48.0 Å². The van der Waals surface area contributed by atoms with Crippen LogP contribution in [0.5, 0.6) is 11.5 Å². The van der Waals surface area contributed by atoms with E-state index in [-0.39, 0.29) is 11.8 Å². The first-order valence-electron chi connectivity index (χ1n) is 8.65. The summed E-state index contributed by atoms with van der Waals surface area (Å²) >= 11 is 0. The molecule has 2 N–H and O–H groups in total. The molecule has 27 heavy (non-hydrogen) atoms. The topological polar surface area (TPSA) is 76.7 Å². The molecule has 2 rings (SSSR count). The Morgan fingerprint density at radius 1 is 0.889 bits per heavy atom. The van der Waals surface area contributed by atoms with Crippen molar-refractivity contribution in [3.63, 3.8) is 0 Å². The van der Waals surface area contributed by atoms with Gasteiger partial charge in [-0.05, 0) is 35.2 Å². The quantitative estimate of drug-likeness (QED) is 0.755. The van der Waals surface area contributed by atoms with E-state index in [9.17, 15) is 9.59 Å². The number of benzene rings is 2. The van der Waals surface area contributed by atoms with Gasteiger partial charge in [0.05, 0.1) is 19.9 Å². The molecule has 0 spiro atoms. The molecule has 0 radical (unpaired) electrons. The first-order chi connectivity index (χ1) is 12.7. The van der Waals surface area contributed by atoms with Crippen LogP contribution < -0.4 is 20.1 Å². The van der Waals surface area contributed by atoms with E-state index in [0.717, 1.165) is 0 Å². The maximum Gasteiger partial charge on any atom is 0.233 e. The average molecular weight is 370 g/mol. The fraction of sp³-hybridized carbons (Fsp3) is 0.333. The highest BCUT2D eigenvalue weighted by molar-refractivity contribution is 6.08. The van der Waals surface area contributed by atoms with Gasteiger partial charge in [-0.15, -0.1) is 0 Å². The van der Waals surface area contributed by atoms with Crippen molar-refractivity contribution in [2.24, 2.45) is 0 Å². The molecule has 0 aromatic heterocycles. The minimum absolute atomic E-state index is 0.0399. The Kier molecular flexibility index (Phi) is 6.45. The van der Waals surface area contributed by atoms with Gasteiger partial charge >= 0.3 is 0 Å². The molecule has 6 nitrogen and oxygen atoms in total. The fourth-order valence-corrected chi connectivity index (χ4v) is 2.51. The highest BCUT2D eigenvalue weighted by atomic mass is 16.5. The summed E-state index contributed by atoms with van der Waals surface area (Å²) in [5, 5.41) is 5.41. The number of amides is 2. The normalized spacial score (nSPS) is 10.9. The second-order valence-electron chi connectivity index (χ2n) is 7.17. The number of hydrogen-bond acceptors (Lipinski definition) is 4. The number of hydrogen-bond donors (Lipinski definition) is 2. The summed E-state index contributed by atoms with van der Waals surface area (Å²) in [5.74, 6) is 0.236. The van der Waals surface area contributed by atoms with E-state index in [0.29, 0.717) is 22.9 Å². The monoisotopic (exact) mass is 370 g/mol. The first kappa shape index (κ1) is 20.3. The summed E-state index contributed by atoms with van der Waals surface area (Å²) in [6.45, 7) is 6.37. The summed E-state index contributed by atoms with van der Waals surface area (Å²) in [4.78, 5) is 24.3. The van der Waals surface area contributed by atoms with E-state index in [1.165, 1.54) is 19.8 Å². The number of rotatable bonds is 6. The molecule has 0 atom stereocenters. The minimum atomic E-state index is -0.439. The third-order valence-electron chi connectivity index (χ3n) is 4.04. The number of methoxy groups -OCH3 is 2. The van der Waals surface area contributed by atoms with Crippen LogP contribution in [-0.4, -0.2) is 26.0 Å². The van der Waals surface area contributed by atoms with E-state index in [4.69, 9.17) is 9.47 Å². The fourth-order valence-electron chi connectivity index (χ4n) is 2.51. The van der Waals surface area contributed by atoms with Gasteiger partial charge in [0.2, 0.25) is 11.8 Å². The van der Waals surface area contributed by atoms with Gasteiger partial charge in [-0.25, -0.2) is 0 Å². The predicted octanol–water partition coefficient (Wildman–Crippen LogP) is 3.97. The number of ether oxygens (including phenoxy) is 2. The van der Waals surface area contributed by atoms with Gasteiger partial charge in [-0.3, -0.25) is 9.59 Å². The molecule has 0 aliphatic heterocycles. The van der Waals surface area contributed by atoms with Gasteiger partial charge in [-0.1, -0.05) is 32.9 Å². The largest absolute Gasteiger partial charge is 0.497 e. The zero-order valence-electron chi connectivity index (χ0n) is 16.4. The molecule has 0 bridgehead atoms. The van der Waals surface area contributed by atoms with Crippen molar-refractivity contribution >= 4 is 23.2 Å². The Labute approximate surface area is 159 Å². The molecule has 2 aromatic rings. The van der Waals surface area contributed by atoms with Crippen molar-refractivity contribution in [2.45, 2.75) is 32.6 Å². The highest BCUT2D eigenvalue weighted by Gasteiger charge is 2.15. The number of nitrogens with one attached hydrogen (secondary N) is 2. The number of carbonyl (C=O) groups excluding carboxylic acids is 2. The van der Waals surface area contributed by atoms with Gasteiger partial charge in [0.25, 0.3) is 0 Å². The standard InChI is InChI=1S/C21H26N2O4/c1-21(2,3)14-6-8-15(9-7-14)22-19(24)13-20(25)23-17-12-16(26-4)10-11-18(17)27-5/h6-12H,13H2,1-5H3,(H,22,24)(H,23,25). The highest BCUT2D eigenvalue weighted by Crippen LogP contribution is 2.29. The second kappa shape index (κ2) is 8.58. The van der Waals surface area contributed by atoms with Gasteiger partial charge < -0.3 is 20.1 Å². The smallest absolute Gasteiger partial charge is 0.233 e. The molecular formula is C21H26N2O4. The molecule has 6 heteroatoms. The minimum Gasteiger partial charge on any atom is -0.497 e. The molecular weight excluding hydrogens is 344 g/mol. The summed E-state index contributed by atoms with van der Waals surface area (Å²) in [6, 6.07) is 12.7. The van der Waals surface area contributed by atoms with Crippen LogP contribution in [0.2, 0.25) is 0 Å². The molecule has 0 aliphatic carbocycles. The maximum absolute atomic E-state index is 12.2. The van der Waals surface area contributed by atoms with Crippen LogP contribution in [0.3, 0.4) is 0 Å². The zero-order chi connectivity index (χ0) is 20.0. The van der Waals surface area contributed by atoms with E-state index in [1.807, 2.05) is 24.3 Å². The number of anilines is 2. The zero-order valence-corrected chi connectivity index (χ0v) is 16.4. The van der Waals surface area contributed by atoms with Crippen LogP contribution in [-0.2, 0) is 15.0 Å². The lowest BCUT2D eigenvalue weighted by Crippen LogP contribution is -2.21. The molecule has 0 saturated carbocycles. The molecule has 144 valence electrons. The average Bonchev–Trinajstić information content (AvgIpc) is 2.61. The van der Waals surface area contributed by atoms with E-state index >= 15 is 0 Å². The molecule has 0 unspecified atom stereocenters. The molecule has 0 saturated heterocycles. The summed E-state index contributed by atoms with van der Waals surface area (Å²) in [7, 11) is 3.04. The molecule has 0 aliphatic rings. The van der Waals surface area contributed by atoms with Crippen molar-refractivity contribution in [1.29, 1.82) is 0 Å². The Morgan fingerprint density at radius 2 is 1.52 bits per heavy atom. The molecule has 0 heterocycles. The lowest BCUT2D eigenvalue weighted by Gasteiger charge is -2.19. The van der Waals surface area contributed by atoms with Crippen LogP contribution in [0.4, 0.5) is 11.4 Å². The van der Waals surface area contributed by atoms with E-state index in [1.54, 1.807) is 18.2 Å². The third-order valence-corrected chi connectivity index (χ3v) is 4.04. The maximum atomic E-state index is 12.2. The Bertz CT molecular complexity index is 808. The predicted molar refractivity (Wildman–Crippen MR) is 107 cm³/mol. The summed E-state index contributed by atoms with van der Waals surface area (Å²) < 4.78 is 10.4. The molecule has 2 aromatic carbocycles. The number of carbonyl (C=O) groups is 2. The van der Waals surface area contributed by atoms with Gasteiger partial charge in [-0.2, -0.15) is 0 Å². The van der Waals surface area contributed by atoms with Crippen molar-refractivity contribution < 1.29 is 19.1 Å². The van der Waals surface area contributed by atoms with Crippen LogP contribution >= 0.6 is 0 Å². The third kappa shape index (κ3) is 5.74. The van der Waals surface area contributed by atoms with Gasteiger partial charge in [0, 0.05) is 11.8 Å². The molecule has 2 amide bonds. The van der Waals surface area contributed by atoms with Crippen LogP contribution in [0.15, 0.2) is 42.5 Å². The van der Waals surface area contributed by atoms with Gasteiger partial charge in [0.15, 0.2) is 0 Å². The molecule has 0 fully saturated rings. The summed E-state index contributed by atoms with van der Waals surface area (Å²) in [5.41, 5.74) is 2.31. The first-order valence-corrected chi connectivity index (χ1v) is 8.65. The lowest BCUT2D eigenvalue weighted by atomic mass is 9.87. The second-order valence-corrected chi connectivity index (χ2v) is 7.17. The van der Waals surface area contributed by atoms with E-state index < -0.39 is 11.8 Å². The van der Waals surface area contributed by atoms with Crippen LogP contribution in [0, 0.1) is 0 Å². The SMILES string of the molecule is COc1ccc(OC)c(NC(=O)CC(=O)Nc2ccc(C(C)(C)C)cc2)c1. The van der Waals surface area contributed by atoms with Crippen LogP contribution in [0.1, 0.15) is 32.8 Å². The van der Waals surface area contributed by atoms with E-state index in [2.05, 4.69) is 31.4 Å². The Balaban J connectivity index is 1.97. The van der Waals surface area contributed by atoms with Gasteiger partial charge in [0.1, 0.15) is 17.9 Å². The Morgan fingerprint density at radius 3 is 2.07 bits per heavy atom. The van der Waals surface area contributed by atoms with Crippen molar-refractivity contribution in [1.82, 2.24) is 0 Å². The van der Waals surface area contributed by atoms with Crippen molar-refractivity contribution in [3.8, 4) is 11.5 Å². The Hall–Kier alpha value is -3.02. The van der Waals surface area contributed by atoms with Crippen molar-refractivity contribution in [2.75, 3.05) is 24.9 Å². The summed E-state index contributed by atoms with van der Waals surface area (Å²) in [6.07, 6.45) is -0.304.